The molecule has 0 aliphatic carbocycles. The molecule has 1 aliphatic heterocycles. The number of rotatable bonds is 3. The van der Waals surface area contributed by atoms with Crippen LogP contribution in [0.5, 0.6) is 5.75 Å². The molecule has 1 fully saturated rings. The number of nitrogens with zero attached hydrogens (tertiary/aromatic N) is 2. The van der Waals surface area contributed by atoms with Gasteiger partial charge in [0.25, 0.3) is 0 Å². The summed E-state index contributed by atoms with van der Waals surface area (Å²) in [5.41, 5.74) is 1.16. The summed E-state index contributed by atoms with van der Waals surface area (Å²) in [6.45, 7) is 5.31. The molecule has 0 N–H and O–H groups in total. The van der Waals surface area contributed by atoms with Gasteiger partial charge in [-0.3, -0.25) is 4.79 Å². The van der Waals surface area contributed by atoms with E-state index in [1.165, 1.54) is 0 Å². The number of carbonyl (C=O) groups is 1. The first-order valence-electron chi connectivity index (χ1n) is 6.41. The fourth-order valence-electron chi connectivity index (χ4n) is 2.24. The lowest BCUT2D eigenvalue weighted by atomic mass is 10.2. The van der Waals surface area contributed by atoms with Crippen molar-refractivity contribution in [2.24, 2.45) is 0 Å². The van der Waals surface area contributed by atoms with Crippen LogP contribution in [0, 0.1) is 0 Å². The number of hydrogen-bond donors (Lipinski definition) is 0. The van der Waals surface area contributed by atoms with E-state index in [4.69, 9.17) is 4.74 Å². The minimum absolute atomic E-state index is 0.250. The molecular formula is C14H20N2O2. The highest BCUT2D eigenvalue weighted by molar-refractivity contribution is 5.76. The molecular weight excluding hydrogens is 228 g/mol. The van der Waals surface area contributed by atoms with Gasteiger partial charge in [0, 0.05) is 44.4 Å². The van der Waals surface area contributed by atoms with Crippen molar-refractivity contribution < 1.29 is 9.53 Å². The number of piperazine rings is 1. The molecule has 0 radical (unpaired) electrons. The number of anilines is 1. The second-order valence-electron chi connectivity index (χ2n) is 4.42. The minimum Gasteiger partial charge on any atom is -0.497 e. The Hall–Kier alpha value is -1.71. The zero-order chi connectivity index (χ0) is 13.0. The van der Waals surface area contributed by atoms with Crippen molar-refractivity contribution in [2.45, 2.75) is 13.3 Å². The molecule has 0 bridgehead atoms. The fourth-order valence-corrected chi connectivity index (χ4v) is 2.24. The van der Waals surface area contributed by atoms with Crippen molar-refractivity contribution in [3.05, 3.63) is 24.3 Å². The highest BCUT2D eigenvalue weighted by Gasteiger charge is 2.20. The maximum atomic E-state index is 11.6. The van der Waals surface area contributed by atoms with Gasteiger partial charge >= 0.3 is 0 Å². The first kappa shape index (κ1) is 12.7. The van der Waals surface area contributed by atoms with E-state index in [0.717, 1.165) is 37.6 Å². The smallest absolute Gasteiger partial charge is 0.222 e. The molecule has 2 rings (SSSR count). The highest BCUT2D eigenvalue weighted by Crippen LogP contribution is 2.22. The number of methoxy groups -OCH3 is 1. The van der Waals surface area contributed by atoms with Crippen LogP contribution < -0.4 is 9.64 Å². The molecule has 0 atom stereocenters. The van der Waals surface area contributed by atoms with Crippen molar-refractivity contribution >= 4 is 11.6 Å². The molecule has 0 saturated carbocycles. The Labute approximate surface area is 108 Å². The summed E-state index contributed by atoms with van der Waals surface area (Å²) in [4.78, 5) is 15.8. The molecule has 0 unspecified atom stereocenters. The molecule has 1 saturated heterocycles. The van der Waals surface area contributed by atoms with E-state index < -0.39 is 0 Å². The van der Waals surface area contributed by atoms with Gasteiger partial charge in [0.1, 0.15) is 5.75 Å². The Morgan fingerprint density at radius 3 is 2.61 bits per heavy atom. The average Bonchev–Trinajstić information content (AvgIpc) is 2.46. The zero-order valence-corrected chi connectivity index (χ0v) is 11.1. The monoisotopic (exact) mass is 248 g/mol. The standard InChI is InChI=1S/C14H20N2O2/c1-3-14(17)16-9-7-15(8-10-16)12-5-4-6-13(11-12)18-2/h4-6,11H,3,7-10H2,1-2H3. The minimum atomic E-state index is 0.250. The molecule has 1 amide bonds. The van der Waals surface area contributed by atoms with Crippen molar-refractivity contribution in [3.8, 4) is 5.75 Å². The topological polar surface area (TPSA) is 32.8 Å². The lowest BCUT2D eigenvalue weighted by Crippen LogP contribution is -2.48. The highest BCUT2D eigenvalue weighted by atomic mass is 16.5. The zero-order valence-electron chi connectivity index (χ0n) is 11.1. The van der Waals surface area contributed by atoms with E-state index in [0.29, 0.717) is 6.42 Å². The van der Waals surface area contributed by atoms with Crippen LogP contribution in [0.2, 0.25) is 0 Å². The summed E-state index contributed by atoms with van der Waals surface area (Å²) in [7, 11) is 1.68. The Bertz CT molecular complexity index is 412. The van der Waals surface area contributed by atoms with Crippen LogP contribution in [-0.4, -0.2) is 44.1 Å². The van der Waals surface area contributed by atoms with Crippen molar-refractivity contribution in [3.63, 3.8) is 0 Å². The van der Waals surface area contributed by atoms with E-state index in [1.807, 2.05) is 30.0 Å². The van der Waals surface area contributed by atoms with Crippen LogP contribution in [-0.2, 0) is 4.79 Å². The Morgan fingerprint density at radius 1 is 1.28 bits per heavy atom. The maximum absolute atomic E-state index is 11.6. The van der Waals surface area contributed by atoms with Gasteiger partial charge in [-0.15, -0.1) is 0 Å². The summed E-state index contributed by atoms with van der Waals surface area (Å²) < 4.78 is 5.23. The molecule has 4 heteroatoms. The van der Waals surface area contributed by atoms with E-state index in [1.54, 1.807) is 7.11 Å². The van der Waals surface area contributed by atoms with Gasteiger partial charge in [-0.1, -0.05) is 13.0 Å². The average molecular weight is 248 g/mol. The SMILES string of the molecule is CCC(=O)N1CCN(c2cccc(OC)c2)CC1. The van der Waals surface area contributed by atoms with Gasteiger partial charge in [-0.2, -0.15) is 0 Å². The van der Waals surface area contributed by atoms with Crippen molar-refractivity contribution in [1.82, 2.24) is 4.90 Å². The van der Waals surface area contributed by atoms with Gasteiger partial charge in [0.15, 0.2) is 0 Å². The predicted octanol–water partition coefficient (Wildman–Crippen LogP) is 1.75. The largest absolute Gasteiger partial charge is 0.497 e. The number of ether oxygens (including phenoxy) is 1. The van der Waals surface area contributed by atoms with E-state index in [2.05, 4.69) is 11.0 Å². The van der Waals surface area contributed by atoms with Crippen LogP contribution in [0.15, 0.2) is 24.3 Å². The van der Waals surface area contributed by atoms with E-state index >= 15 is 0 Å². The number of benzene rings is 1. The third-order valence-electron chi connectivity index (χ3n) is 3.35. The quantitative estimate of drug-likeness (QED) is 0.817. The summed E-state index contributed by atoms with van der Waals surface area (Å²) in [6, 6.07) is 8.06. The number of hydrogen-bond acceptors (Lipinski definition) is 3. The number of amides is 1. The normalized spacial score (nSPS) is 15.7. The number of carbonyl (C=O) groups excluding carboxylic acids is 1. The first-order valence-corrected chi connectivity index (χ1v) is 6.41. The summed E-state index contributed by atoms with van der Waals surface area (Å²) in [5.74, 6) is 1.12. The molecule has 1 aromatic carbocycles. The Morgan fingerprint density at radius 2 is 2.00 bits per heavy atom. The molecule has 98 valence electrons. The van der Waals surface area contributed by atoms with Gasteiger partial charge in [-0.25, -0.2) is 0 Å². The summed E-state index contributed by atoms with van der Waals surface area (Å²) in [6.07, 6.45) is 0.596. The van der Waals surface area contributed by atoms with Crippen LogP contribution in [0.4, 0.5) is 5.69 Å². The van der Waals surface area contributed by atoms with Crippen molar-refractivity contribution in [2.75, 3.05) is 38.2 Å². The predicted molar refractivity (Wildman–Crippen MR) is 72.1 cm³/mol. The van der Waals surface area contributed by atoms with Crippen LogP contribution in [0.25, 0.3) is 0 Å². The van der Waals surface area contributed by atoms with Crippen LogP contribution in [0.1, 0.15) is 13.3 Å². The van der Waals surface area contributed by atoms with Gasteiger partial charge in [-0.05, 0) is 12.1 Å². The molecule has 1 heterocycles. The Kier molecular flexibility index (Phi) is 4.07. The second kappa shape index (κ2) is 5.76. The lowest BCUT2D eigenvalue weighted by molar-refractivity contribution is -0.131. The maximum Gasteiger partial charge on any atom is 0.222 e. The summed E-state index contributed by atoms with van der Waals surface area (Å²) in [5, 5.41) is 0. The van der Waals surface area contributed by atoms with Crippen LogP contribution >= 0.6 is 0 Å². The van der Waals surface area contributed by atoms with Crippen LogP contribution in [0.3, 0.4) is 0 Å². The molecule has 1 aliphatic rings. The fraction of sp³-hybridized carbons (Fsp3) is 0.500. The molecule has 0 aromatic heterocycles. The van der Waals surface area contributed by atoms with E-state index in [-0.39, 0.29) is 5.91 Å². The molecule has 0 spiro atoms. The lowest BCUT2D eigenvalue weighted by Gasteiger charge is -2.36. The first-order chi connectivity index (χ1) is 8.74. The van der Waals surface area contributed by atoms with Gasteiger partial charge < -0.3 is 14.5 Å². The third-order valence-corrected chi connectivity index (χ3v) is 3.35. The summed E-state index contributed by atoms with van der Waals surface area (Å²) >= 11 is 0. The third kappa shape index (κ3) is 2.75. The van der Waals surface area contributed by atoms with Crippen molar-refractivity contribution in [1.29, 1.82) is 0 Å². The van der Waals surface area contributed by atoms with Gasteiger partial charge in [0.05, 0.1) is 7.11 Å². The molecule has 18 heavy (non-hydrogen) atoms. The van der Waals surface area contributed by atoms with E-state index in [9.17, 15) is 4.79 Å². The molecule has 4 nitrogen and oxygen atoms in total. The molecule has 1 aromatic rings. The second-order valence-corrected chi connectivity index (χ2v) is 4.42. The Balaban J connectivity index is 1.98. The van der Waals surface area contributed by atoms with Gasteiger partial charge in [0.2, 0.25) is 5.91 Å².